The first-order valence-corrected chi connectivity index (χ1v) is 7.22. The lowest BCUT2D eigenvalue weighted by Gasteiger charge is -2.21. The molecule has 15 heavy (non-hydrogen) atoms. The Morgan fingerprint density at radius 3 is 2.80 bits per heavy atom. The molecule has 0 aliphatic carbocycles. The maximum Gasteiger partial charge on any atom is 0.150 e. The van der Waals surface area contributed by atoms with Crippen LogP contribution in [0.2, 0.25) is 0 Å². The SMILES string of the molecule is C#CCCCC(NC)C1CCS(=O)(=O)C1. The van der Waals surface area contributed by atoms with Crippen LogP contribution in [0.15, 0.2) is 0 Å². The molecular weight excluding hydrogens is 210 g/mol. The van der Waals surface area contributed by atoms with Gasteiger partial charge < -0.3 is 5.32 Å². The number of hydrogen-bond acceptors (Lipinski definition) is 3. The molecule has 0 saturated carbocycles. The summed E-state index contributed by atoms with van der Waals surface area (Å²) in [5, 5.41) is 3.21. The molecule has 2 atom stereocenters. The quantitative estimate of drug-likeness (QED) is 0.560. The summed E-state index contributed by atoms with van der Waals surface area (Å²) in [6.07, 6.45) is 8.70. The molecule has 1 saturated heterocycles. The summed E-state index contributed by atoms with van der Waals surface area (Å²) >= 11 is 0. The Hall–Kier alpha value is -0.530. The molecule has 86 valence electrons. The highest BCUT2D eigenvalue weighted by Crippen LogP contribution is 2.24. The highest BCUT2D eigenvalue weighted by Gasteiger charge is 2.32. The normalized spacial score (nSPS) is 26.0. The number of hydrogen-bond donors (Lipinski definition) is 1. The molecular formula is C11H19NO2S. The molecule has 1 fully saturated rings. The summed E-state index contributed by atoms with van der Waals surface area (Å²) in [4.78, 5) is 0. The Labute approximate surface area is 92.6 Å². The van der Waals surface area contributed by atoms with E-state index in [1.165, 1.54) is 0 Å². The van der Waals surface area contributed by atoms with Crippen molar-refractivity contribution in [2.75, 3.05) is 18.6 Å². The Kier molecular flexibility index (Phi) is 4.62. The van der Waals surface area contributed by atoms with Gasteiger partial charge in [0, 0.05) is 12.5 Å². The van der Waals surface area contributed by atoms with Gasteiger partial charge in [0.15, 0.2) is 9.84 Å². The van der Waals surface area contributed by atoms with Gasteiger partial charge in [0.2, 0.25) is 0 Å². The van der Waals surface area contributed by atoms with Crippen molar-refractivity contribution in [2.24, 2.45) is 5.92 Å². The van der Waals surface area contributed by atoms with Gasteiger partial charge in [-0.2, -0.15) is 0 Å². The van der Waals surface area contributed by atoms with Crippen LogP contribution in [-0.4, -0.2) is 33.0 Å². The first kappa shape index (κ1) is 12.5. The third-order valence-corrected chi connectivity index (χ3v) is 4.84. The zero-order valence-electron chi connectivity index (χ0n) is 9.20. The van der Waals surface area contributed by atoms with Crippen LogP contribution in [0.5, 0.6) is 0 Å². The smallest absolute Gasteiger partial charge is 0.150 e. The lowest BCUT2D eigenvalue weighted by Crippen LogP contribution is -2.34. The molecule has 3 nitrogen and oxygen atoms in total. The fourth-order valence-corrected chi connectivity index (χ4v) is 4.06. The average molecular weight is 229 g/mol. The first-order valence-electron chi connectivity index (χ1n) is 5.40. The zero-order chi connectivity index (χ0) is 11.3. The standard InChI is InChI=1S/C11H19NO2S/c1-3-4-5-6-11(12-2)10-7-8-15(13,14)9-10/h1,10-12H,4-9H2,2H3. The minimum Gasteiger partial charge on any atom is -0.317 e. The molecule has 4 heteroatoms. The second-order valence-electron chi connectivity index (χ2n) is 4.15. The summed E-state index contributed by atoms with van der Waals surface area (Å²) in [5.74, 6) is 3.58. The molecule has 0 bridgehead atoms. The second-order valence-corrected chi connectivity index (χ2v) is 6.38. The van der Waals surface area contributed by atoms with Crippen molar-refractivity contribution in [1.82, 2.24) is 5.32 Å². The maximum atomic E-state index is 11.3. The van der Waals surface area contributed by atoms with Gasteiger partial charge in [0.05, 0.1) is 11.5 Å². The third kappa shape index (κ3) is 3.84. The van der Waals surface area contributed by atoms with Gasteiger partial charge in [-0.1, -0.05) is 0 Å². The number of terminal acetylenes is 1. The van der Waals surface area contributed by atoms with Gasteiger partial charge in [0.1, 0.15) is 0 Å². The van der Waals surface area contributed by atoms with Crippen LogP contribution in [0.1, 0.15) is 25.7 Å². The predicted molar refractivity (Wildman–Crippen MR) is 62.3 cm³/mol. The predicted octanol–water partition coefficient (Wildman–Crippen LogP) is 0.813. The Morgan fingerprint density at radius 2 is 2.33 bits per heavy atom. The molecule has 1 N–H and O–H groups in total. The van der Waals surface area contributed by atoms with Crippen molar-refractivity contribution in [3.63, 3.8) is 0 Å². The van der Waals surface area contributed by atoms with Crippen LogP contribution < -0.4 is 5.32 Å². The largest absolute Gasteiger partial charge is 0.317 e. The topological polar surface area (TPSA) is 46.2 Å². The van der Waals surface area contributed by atoms with Crippen LogP contribution in [0, 0.1) is 18.3 Å². The molecule has 0 aromatic rings. The zero-order valence-corrected chi connectivity index (χ0v) is 10.0. The van der Waals surface area contributed by atoms with E-state index in [1.54, 1.807) is 0 Å². The fourth-order valence-electron chi connectivity index (χ4n) is 2.18. The van der Waals surface area contributed by atoms with E-state index in [0.717, 1.165) is 25.7 Å². The first-order chi connectivity index (χ1) is 7.09. The Balaban J connectivity index is 2.43. The minimum atomic E-state index is -2.76. The average Bonchev–Trinajstić information content (AvgIpc) is 2.54. The summed E-state index contributed by atoms with van der Waals surface area (Å²) < 4.78 is 22.7. The number of nitrogens with one attached hydrogen (secondary N) is 1. The summed E-state index contributed by atoms with van der Waals surface area (Å²) in [7, 11) is -0.867. The molecule has 0 aromatic carbocycles. The lowest BCUT2D eigenvalue weighted by atomic mass is 9.95. The summed E-state index contributed by atoms with van der Waals surface area (Å²) in [6, 6.07) is 0.302. The molecule has 1 aliphatic rings. The van der Waals surface area contributed by atoms with Crippen LogP contribution in [0.4, 0.5) is 0 Å². The molecule has 1 heterocycles. The Bertz CT molecular complexity index is 329. The van der Waals surface area contributed by atoms with Gasteiger partial charge in [-0.15, -0.1) is 12.3 Å². The van der Waals surface area contributed by atoms with Crippen molar-refractivity contribution >= 4 is 9.84 Å². The second kappa shape index (κ2) is 5.53. The molecule has 0 spiro atoms. The lowest BCUT2D eigenvalue weighted by molar-refractivity contribution is 0.377. The van der Waals surface area contributed by atoms with Crippen molar-refractivity contribution in [3.05, 3.63) is 0 Å². The number of unbranched alkanes of at least 4 members (excludes halogenated alkanes) is 1. The minimum absolute atomic E-state index is 0.276. The highest BCUT2D eigenvalue weighted by molar-refractivity contribution is 7.91. The van der Waals surface area contributed by atoms with E-state index < -0.39 is 9.84 Å². The van der Waals surface area contributed by atoms with Crippen molar-refractivity contribution in [3.8, 4) is 12.3 Å². The number of sulfone groups is 1. The van der Waals surface area contributed by atoms with Gasteiger partial charge in [0.25, 0.3) is 0 Å². The van der Waals surface area contributed by atoms with Gasteiger partial charge in [-0.25, -0.2) is 8.42 Å². The van der Waals surface area contributed by atoms with Crippen LogP contribution in [-0.2, 0) is 9.84 Å². The summed E-state index contributed by atoms with van der Waals surface area (Å²) in [6.45, 7) is 0. The molecule has 2 unspecified atom stereocenters. The van der Waals surface area contributed by atoms with Gasteiger partial charge in [-0.05, 0) is 32.2 Å². The molecule has 1 rings (SSSR count). The van der Waals surface area contributed by atoms with E-state index >= 15 is 0 Å². The fraction of sp³-hybridized carbons (Fsp3) is 0.818. The maximum absolute atomic E-state index is 11.3. The van der Waals surface area contributed by atoms with E-state index in [-0.39, 0.29) is 5.92 Å². The third-order valence-electron chi connectivity index (χ3n) is 3.04. The van der Waals surface area contributed by atoms with Crippen molar-refractivity contribution in [1.29, 1.82) is 0 Å². The number of rotatable bonds is 5. The van der Waals surface area contributed by atoms with Gasteiger partial charge >= 0.3 is 0 Å². The van der Waals surface area contributed by atoms with E-state index in [2.05, 4.69) is 11.2 Å². The molecule has 0 aromatic heterocycles. The van der Waals surface area contributed by atoms with Gasteiger partial charge in [-0.3, -0.25) is 0 Å². The highest BCUT2D eigenvalue weighted by atomic mass is 32.2. The Morgan fingerprint density at radius 1 is 1.60 bits per heavy atom. The molecule has 1 aliphatic heterocycles. The van der Waals surface area contributed by atoms with Crippen molar-refractivity contribution in [2.45, 2.75) is 31.7 Å². The van der Waals surface area contributed by atoms with Crippen molar-refractivity contribution < 1.29 is 8.42 Å². The van der Waals surface area contributed by atoms with Crippen LogP contribution in [0.3, 0.4) is 0 Å². The molecule has 0 amide bonds. The molecule has 0 radical (unpaired) electrons. The monoisotopic (exact) mass is 229 g/mol. The van der Waals surface area contributed by atoms with E-state index in [9.17, 15) is 8.42 Å². The van der Waals surface area contributed by atoms with E-state index in [0.29, 0.717) is 17.5 Å². The van der Waals surface area contributed by atoms with E-state index in [4.69, 9.17) is 6.42 Å². The van der Waals surface area contributed by atoms with Crippen LogP contribution in [0.25, 0.3) is 0 Å². The van der Waals surface area contributed by atoms with E-state index in [1.807, 2.05) is 7.05 Å². The van der Waals surface area contributed by atoms with Crippen LogP contribution >= 0.6 is 0 Å². The summed E-state index contributed by atoms with van der Waals surface area (Å²) in [5.41, 5.74) is 0.